The van der Waals surface area contributed by atoms with Crippen LogP contribution >= 0.6 is 0 Å². The minimum absolute atomic E-state index is 0.118. The first-order valence-corrected chi connectivity index (χ1v) is 7.29. The van der Waals surface area contributed by atoms with Crippen molar-refractivity contribution in [3.63, 3.8) is 0 Å². The van der Waals surface area contributed by atoms with Gasteiger partial charge in [0.2, 0.25) is 5.91 Å². The van der Waals surface area contributed by atoms with E-state index in [1.807, 2.05) is 6.92 Å². The van der Waals surface area contributed by atoms with E-state index in [0.717, 1.165) is 13.1 Å². The summed E-state index contributed by atoms with van der Waals surface area (Å²) >= 11 is 0. The molecule has 0 aromatic carbocycles. The molecule has 2 unspecified atom stereocenters. The average Bonchev–Trinajstić information content (AvgIpc) is 2.95. The van der Waals surface area contributed by atoms with Crippen LogP contribution in [0, 0.1) is 5.41 Å². The largest absolute Gasteiger partial charge is 0.404 e. The Labute approximate surface area is 122 Å². The van der Waals surface area contributed by atoms with Gasteiger partial charge in [-0.05, 0) is 19.5 Å². The van der Waals surface area contributed by atoms with E-state index in [-0.39, 0.29) is 32.2 Å². The lowest BCUT2D eigenvalue weighted by atomic mass is 9.85. The zero-order valence-electron chi connectivity index (χ0n) is 12.1. The maximum absolute atomic E-state index is 13.2. The molecule has 5 nitrogen and oxygen atoms in total. The SMILES string of the molecule is CCN1CCOC(CNC(=O)C2(C(F)(F)F)CCNC2)C1. The van der Waals surface area contributed by atoms with E-state index in [9.17, 15) is 18.0 Å². The predicted molar refractivity (Wildman–Crippen MR) is 70.8 cm³/mol. The fourth-order valence-electron chi connectivity index (χ4n) is 2.82. The van der Waals surface area contributed by atoms with Crippen LogP contribution in [-0.4, -0.2) is 69.0 Å². The van der Waals surface area contributed by atoms with Gasteiger partial charge in [0.05, 0.1) is 12.7 Å². The fourth-order valence-corrected chi connectivity index (χ4v) is 2.82. The Morgan fingerprint density at radius 3 is 2.86 bits per heavy atom. The molecule has 1 amide bonds. The molecule has 2 heterocycles. The number of morpholine rings is 1. The summed E-state index contributed by atoms with van der Waals surface area (Å²) in [6, 6.07) is 0. The monoisotopic (exact) mass is 309 g/mol. The minimum Gasteiger partial charge on any atom is -0.374 e. The Morgan fingerprint density at radius 2 is 2.29 bits per heavy atom. The van der Waals surface area contributed by atoms with Gasteiger partial charge in [0.25, 0.3) is 0 Å². The van der Waals surface area contributed by atoms with Crippen molar-refractivity contribution >= 4 is 5.91 Å². The number of hydrogen-bond donors (Lipinski definition) is 2. The molecule has 2 atom stereocenters. The average molecular weight is 309 g/mol. The van der Waals surface area contributed by atoms with Gasteiger partial charge in [-0.25, -0.2) is 0 Å². The predicted octanol–water partition coefficient (Wildman–Crippen LogP) is 0.365. The standard InChI is InChI=1S/C13H22F3N3O2/c1-2-19-5-6-21-10(8-19)7-18-11(20)12(13(14,15)16)3-4-17-9-12/h10,17H,2-9H2,1H3,(H,18,20). The number of hydrogen-bond acceptors (Lipinski definition) is 4. The summed E-state index contributed by atoms with van der Waals surface area (Å²) in [6.07, 6.45) is -5.00. The number of ether oxygens (including phenoxy) is 1. The van der Waals surface area contributed by atoms with E-state index in [1.165, 1.54) is 0 Å². The molecular weight excluding hydrogens is 287 g/mol. The number of carbonyl (C=O) groups excluding carboxylic acids is 1. The van der Waals surface area contributed by atoms with Crippen LogP contribution in [0.5, 0.6) is 0 Å². The van der Waals surface area contributed by atoms with Gasteiger partial charge in [-0.3, -0.25) is 9.69 Å². The Kier molecular flexibility index (Phi) is 5.11. The normalized spacial score (nSPS) is 31.3. The molecule has 122 valence electrons. The molecule has 2 fully saturated rings. The topological polar surface area (TPSA) is 53.6 Å². The molecule has 0 bridgehead atoms. The van der Waals surface area contributed by atoms with E-state index in [1.54, 1.807) is 0 Å². The summed E-state index contributed by atoms with van der Waals surface area (Å²) < 4.78 is 45.1. The molecule has 2 rings (SSSR count). The van der Waals surface area contributed by atoms with E-state index in [2.05, 4.69) is 15.5 Å². The highest BCUT2D eigenvalue weighted by molar-refractivity contribution is 5.84. The molecule has 0 aromatic heterocycles. The molecule has 0 radical (unpaired) electrons. The van der Waals surface area contributed by atoms with Crippen molar-refractivity contribution in [1.82, 2.24) is 15.5 Å². The second-order valence-electron chi connectivity index (χ2n) is 5.60. The van der Waals surface area contributed by atoms with Gasteiger partial charge in [0.1, 0.15) is 0 Å². The van der Waals surface area contributed by atoms with Crippen LogP contribution in [0.1, 0.15) is 13.3 Å². The minimum atomic E-state index is -4.54. The highest BCUT2D eigenvalue weighted by Gasteiger charge is 2.61. The lowest BCUT2D eigenvalue weighted by Crippen LogP contribution is -2.55. The molecule has 21 heavy (non-hydrogen) atoms. The lowest BCUT2D eigenvalue weighted by Gasteiger charge is -2.34. The van der Waals surface area contributed by atoms with Crippen molar-refractivity contribution in [2.24, 2.45) is 5.41 Å². The molecule has 2 aliphatic heterocycles. The zero-order chi connectivity index (χ0) is 15.5. The first kappa shape index (κ1) is 16.5. The zero-order valence-corrected chi connectivity index (χ0v) is 12.1. The van der Waals surface area contributed by atoms with Gasteiger partial charge in [-0.2, -0.15) is 13.2 Å². The van der Waals surface area contributed by atoms with Crippen molar-refractivity contribution in [2.75, 3.05) is 45.9 Å². The Bertz CT molecular complexity index is 370. The third-order valence-electron chi connectivity index (χ3n) is 4.29. The Morgan fingerprint density at radius 1 is 1.52 bits per heavy atom. The number of nitrogens with zero attached hydrogens (tertiary/aromatic N) is 1. The van der Waals surface area contributed by atoms with Crippen molar-refractivity contribution < 1.29 is 22.7 Å². The van der Waals surface area contributed by atoms with Crippen molar-refractivity contribution in [3.8, 4) is 0 Å². The first-order chi connectivity index (χ1) is 9.89. The number of alkyl halides is 3. The highest BCUT2D eigenvalue weighted by atomic mass is 19.4. The van der Waals surface area contributed by atoms with Gasteiger partial charge < -0.3 is 15.4 Å². The van der Waals surface area contributed by atoms with Crippen LogP contribution in [0.15, 0.2) is 0 Å². The molecule has 8 heteroatoms. The summed E-state index contributed by atoms with van der Waals surface area (Å²) in [5.41, 5.74) is -2.30. The van der Waals surface area contributed by atoms with E-state index < -0.39 is 17.5 Å². The molecule has 0 aliphatic carbocycles. The fraction of sp³-hybridized carbons (Fsp3) is 0.923. The number of carbonyl (C=O) groups is 1. The summed E-state index contributed by atoms with van der Waals surface area (Å²) in [4.78, 5) is 14.2. The van der Waals surface area contributed by atoms with E-state index >= 15 is 0 Å². The van der Waals surface area contributed by atoms with Crippen LogP contribution in [0.2, 0.25) is 0 Å². The second kappa shape index (κ2) is 6.50. The quantitative estimate of drug-likeness (QED) is 0.788. The van der Waals surface area contributed by atoms with Crippen LogP contribution in [0.25, 0.3) is 0 Å². The van der Waals surface area contributed by atoms with Gasteiger partial charge >= 0.3 is 6.18 Å². The third kappa shape index (κ3) is 3.49. The van der Waals surface area contributed by atoms with Crippen molar-refractivity contribution in [3.05, 3.63) is 0 Å². The lowest BCUT2D eigenvalue weighted by molar-refractivity contribution is -0.216. The van der Waals surface area contributed by atoms with Crippen LogP contribution < -0.4 is 10.6 Å². The summed E-state index contributed by atoms with van der Waals surface area (Å²) in [5, 5.41) is 5.07. The summed E-state index contributed by atoms with van der Waals surface area (Å²) in [6.45, 7) is 4.85. The van der Waals surface area contributed by atoms with E-state index in [4.69, 9.17) is 4.74 Å². The molecule has 0 saturated carbocycles. The molecule has 2 N–H and O–H groups in total. The maximum atomic E-state index is 13.2. The molecule has 2 aliphatic rings. The second-order valence-corrected chi connectivity index (χ2v) is 5.60. The van der Waals surface area contributed by atoms with Gasteiger partial charge in [-0.1, -0.05) is 6.92 Å². The van der Waals surface area contributed by atoms with E-state index in [0.29, 0.717) is 13.2 Å². The molecule has 2 saturated heterocycles. The Balaban J connectivity index is 1.91. The maximum Gasteiger partial charge on any atom is 0.404 e. The van der Waals surface area contributed by atoms with Crippen LogP contribution in [-0.2, 0) is 9.53 Å². The van der Waals surface area contributed by atoms with Crippen molar-refractivity contribution in [2.45, 2.75) is 25.6 Å². The number of rotatable bonds is 4. The van der Waals surface area contributed by atoms with Crippen molar-refractivity contribution in [1.29, 1.82) is 0 Å². The van der Waals surface area contributed by atoms with Gasteiger partial charge in [0, 0.05) is 26.2 Å². The van der Waals surface area contributed by atoms with Crippen LogP contribution in [0.4, 0.5) is 13.2 Å². The number of halogens is 3. The number of likely N-dealkylation sites (N-methyl/N-ethyl adjacent to an activating group) is 1. The third-order valence-corrected chi connectivity index (χ3v) is 4.29. The number of amides is 1. The summed E-state index contributed by atoms with van der Waals surface area (Å²) in [7, 11) is 0. The van der Waals surface area contributed by atoms with Gasteiger partial charge in [0.15, 0.2) is 5.41 Å². The molecule has 0 aromatic rings. The first-order valence-electron chi connectivity index (χ1n) is 7.29. The van der Waals surface area contributed by atoms with Gasteiger partial charge in [-0.15, -0.1) is 0 Å². The smallest absolute Gasteiger partial charge is 0.374 e. The molecular formula is C13H22F3N3O2. The highest BCUT2D eigenvalue weighted by Crippen LogP contribution is 2.43. The number of nitrogens with one attached hydrogen (secondary N) is 2. The van der Waals surface area contributed by atoms with Crippen LogP contribution in [0.3, 0.4) is 0 Å². The Hall–Kier alpha value is -0.860. The molecule has 0 spiro atoms. The summed E-state index contributed by atoms with van der Waals surface area (Å²) in [5.74, 6) is -0.947.